The van der Waals surface area contributed by atoms with Crippen LogP contribution in [0.3, 0.4) is 0 Å². The molecule has 0 aliphatic carbocycles. The van der Waals surface area contributed by atoms with Crippen LogP contribution in [0.5, 0.6) is 0 Å². The van der Waals surface area contributed by atoms with Crippen molar-refractivity contribution < 1.29 is 19.5 Å². The lowest BCUT2D eigenvalue weighted by Crippen LogP contribution is -2.38. The topological polar surface area (TPSA) is 74.7 Å². The molecule has 2 amide bonds. The predicted octanol–water partition coefficient (Wildman–Crippen LogP) is 2.05. The van der Waals surface area contributed by atoms with Gasteiger partial charge in [-0.15, -0.1) is 0 Å². The van der Waals surface area contributed by atoms with Gasteiger partial charge in [0.2, 0.25) is 11.8 Å². The minimum atomic E-state index is -0.845. The van der Waals surface area contributed by atoms with Crippen molar-refractivity contribution in [3.63, 3.8) is 0 Å². The molecule has 1 fully saturated rings. The van der Waals surface area contributed by atoms with E-state index >= 15 is 0 Å². The molecule has 19 heavy (non-hydrogen) atoms. The summed E-state index contributed by atoms with van der Waals surface area (Å²) < 4.78 is 0. The number of carbonyl (C=O) groups excluding carboxylic acids is 2. The molecule has 0 saturated carbocycles. The van der Waals surface area contributed by atoms with Crippen molar-refractivity contribution >= 4 is 17.8 Å². The summed E-state index contributed by atoms with van der Waals surface area (Å²) in [5, 5.41) is 8.64. The maximum Gasteiger partial charge on any atom is 0.303 e. The van der Waals surface area contributed by atoms with Crippen LogP contribution in [0.15, 0.2) is 0 Å². The van der Waals surface area contributed by atoms with E-state index in [0.717, 1.165) is 0 Å². The number of amides is 2. The van der Waals surface area contributed by atoms with Crippen molar-refractivity contribution in [3.8, 4) is 0 Å². The van der Waals surface area contributed by atoms with E-state index in [2.05, 4.69) is 0 Å². The molecular formula is C14H23NO4. The Morgan fingerprint density at radius 1 is 1.37 bits per heavy atom. The van der Waals surface area contributed by atoms with Crippen molar-refractivity contribution in [2.75, 3.05) is 6.54 Å². The first-order valence-electron chi connectivity index (χ1n) is 6.93. The first-order chi connectivity index (χ1) is 8.86. The summed E-state index contributed by atoms with van der Waals surface area (Å²) in [5.74, 6) is -1.02. The molecule has 0 aromatic heterocycles. The Kier molecular flexibility index (Phi) is 5.09. The normalized spacial score (nSPS) is 19.8. The molecule has 1 rings (SSSR count). The number of carboxylic acids is 1. The Hall–Kier alpha value is -1.39. The van der Waals surface area contributed by atoms with E-state index < -0.39 is 11.4 Å². The fourth-order valence-electron chi connectivity index (χ4n) is 2.62. The molecule has 0 aromatic carbocycles. The van der Waals surface area contributed by atoms with Gasteiger partial charge in [0.25, 0.3) is 0 Å². The molecule has 1 unspecified atom stereocenters. The number of rotatable bonds is 7. The Bertz CT molecular complexity index is 374. The first kappa shape index (κ1) is 15.7. The number of carbonyl (C=O) groups is 3. The minimum Gasteiger partial charge on any atom is -0.481 e. The summed E-state index contributed by atoms with van der Waals surface area (Å²) in [5.41, 5.74) is -0.524. The van der Waals surface area contributed by atoms with Gasteiger partial charge in [0.1, 0.15) is 0 Å². The highest BCUT2D eigenvalue weighted by Crippen LogP contribution is 2.39. The van der Waals surface area contributed by atoms with E-state index in [9.17, 15) is 14.4 Å². The molecule has 0 bridgehead atoms. The molecule has 0 radical (unpaired) electrons. The standard InChI is InChI=1S/C14H23NO4/c1-4-14(5-2)8-11(16)15(13(14)19)9-10(3)6-7-12(17)18/h10H,4-9H2,1-3H3,(H,17,18). The van der Waals surface area contributed by atoms with Gasteiger partial charge in [-0.1, -0.05) is 20.8 Å². The molecular weight excluding hydrogens is 246 g/mol. The lowest BCUT2D eigenvalue weighted by molar-refractivity contribution is -0.142. The summed E-state index contributed by atoms with van der Waals surface area (Å²) in [7, 11) is 0. The van der Waals surface area contributed by atoms with E-state index in [1.54, 1.807) is 0 Å². The van der Waals surface area contributed by atoms with Crippen LogP contribution in [0, 0.1) is 11.3 Å². The number of aliphatic carboxylic acids is 1. The highest BCUT2D eigenvalue weighted by molar-refractivity contribution is 6.05. The zero-order valence-corrected chi connectivity index (χ0v) is 11.9. The van der Waals surface area contributed by atoms with Gasteiger partial charge in [-0.25, -0.2) is 0 Å². The minimum absolute atomic E-state index is 0.0218. The van der Waals surface area contributed by atoms with Gasteiger partial charge in [0.15, 0.2) is 0 Å². The Balaban J connectivity index is 2.66. The number of carboxylic acid groups (broad SMARTS) is 1. The van der Waals surface area contributed by atoms with Gasteiger partial charge < -0.3 is 5.11 Å². The quantitative estimate of drug-likeness (QED) is 0.718. The molecule has 108 valence electrons. The monoisotopic (exact) mass is 269 g/mol. The molecule has 0 spiro atoms. The van der Waals surface area contributed by atoms with Gasteiger partial charge in [-0.2, -0.15) is 0 Å². The summed E-state index contributed by atoms with van der Waals surface area (Å²) in [4.78, 5) is 36.2. The summed E-state index contributed by atoms with van der Waals surface area (Å²) in [6, 6.07) is 0. The van der Waals surface area contributed by atoms with E-state index in [0.29, 0.717) is 32.2 Å². The van der Waals surface area contributed by atoms with Crippen LogP contribution in [-0.4, -0.2) is 34.3 Å². The van der Waals surface area contributed by atoms with E-state index in [-0.39, 0.29) is 24.2 Å². The van der Waals surface area contributed by atoms with Crippen molar-refractivity contribution in [2.45, 2.75) is 52.9 Å². The number of likely N-dealkylation sites (tertiary alicyclic amines) is 1. The number of imide groups is 1. The lowest BCUT2D eigenvalue weighted by Gasteiger charge is -2.25. The van der Waals surface area contributed by atoms with Crippen LogP contribution in [0.4, 0.5) is 0 Å². The fraction of sp³-hybridized carbons (Fsp3) is 0.786. The van der Waals surface area contributed by atoms with Crippen LogP contribution in [0.25, 0.3) is 0 Å². The van der Waals surface area contributed by atoms with Gasteiger partial charge in [0, 0.05) is 19.4 Å². The van der Waals surface area contributed by atoms with Gasteiger partial charge in [-0.3, -0.25) is 19.3 Å². The average Bonchev–Trinajstić information content (AvgIpc) is 2.61. The number of hydrogen-bond acceptors (Lipinski definition) is 3. The second-order valence-electron chi connectivity index (χ2n) is 5.51. The SMILES string of the molecule is CCC1(CC)CC(=O)N(CC(C)CCC(=O)O)C1=O. The van der Waals surface area contributed by atoms with E-state index in [1.807, 2.05) is 20.8 Å². The molecule has 1 N–H and O–H groups in total. The van der Waals surface area contributed by atoms with Gasteiger partial charge in [-0.05, 0) is 25.2 Å². The third-order valence-corrected chi connectivity index (χ3v) is 4.19. The lowest BCUT2D eigenvalue weighted by atomic mass is 9.81. The van der Waals surface area contributed by atoms with Gasteiger partial charge >= 0.3 is 5.97 Å². The van der Waals surface area contributed by atoms with Crippen LogP contribution >= 0.6 is 0 Å². The van der Waals surface area contributed by atoms with E-state index in [1.165, 1.54) is 4.90 Å². The van der Waals surface area contributed by atoms with Crippen LogP contribution in [0.2, 0.25) is 0 Å². The second kappa shape index (κ2) is 6.17. The molecule has 1 heterocycles. The molecule has 1 saturated heterocycles. The highest BCUT2D eigenvalue weighted by atomic mass is 16.4. The molecule has 1 atom stereocenters. The fourth-order valence-corrected chi connectivity index (χ4v) is 2.62. The Labute approximate surface area is 114 Å². The van der Waals surface area contributed by atoms with E-state index in [4.69, 9.17) is 5.11 Å². The third kappa shape index (κ3) is 3.33. The predicted molar refractivity (Wildman–Crippen MR) is 70.4 cm³/mol. The van der Waals surface area contributed by atoms with Crippen molar-refractivity contribution in [1.82, 2.24) is 4.90 Å². The third-order valence-electron chi connectivity index (χ3n) is 4.19. The smallest absolute Gasteiger partial charge is 0.303 e. The molecule has 5 nitrogen and oxygen atoms in total. The van der Waals surface area contributed by atoms with Crippen molar-refractivity contribution in [3.05, 3.63) is 0 Å². The average molecular weight is 269 g/mol. The maximum atomic E-state index is 12.4. The first-order valence-corrected chi connectivity index (χ1v) is 6.93. The second-order valence-corrected chi connectivity index (χ2v) is 5.51. The van der Waals surface area contributed by atoms with Crippen LogP contribution in [0.1, 0.15) is 52.9 Å². The van der Waals surface area contributed by atoms with Crippen molar-refractivity contribution in [1.29, 1.82) is 0 Å². The molecule has 1 aliphatic rings. The summed E-state index contributed by atoms with van der Waals surface area (Å²) in [6.45, 7) is 6.09. The maximum absolute atomic E-state index is 12.4. The Morgan fingerprint density at radius 3 is 2.37 bits per heavy atom. The van der Waals surface area contributed by atoms with Crippen LogP contribution in [-0.2, 0) is 14.4 Å². The summed E-state index contributed by atoms with van der Waals surface area (Å²) >= 11 is 0. The van der Waals surface area contributed by atoms with Gasteiger partial charge in [0.05, 0.1) is 5.41 Å². The number of nitrogens with zero attached hydrogens (tertiary/aromatic N) is 1. The zero-order valence-electron chi connectivity index (χ0n) is 11.9. The van der Waals surface area contributed by atoms with Crippen LogP contribution < -0.4 is 0 Å². The molecule has 0 aromatic rings. The Morgan fingerprint density at radius 2 is 1.95 bits per heavy atom. The summed E-state index contributed by atoms with van der Waals surface area (Å²) in [6.07, 6.45) is 2.20. The van der Waals surface area contributed by atoms with Crippen molar-refractivity contribution in [2.24, 2.45) is 11.3 Å². The molecule has 5 heteroatoms. The molecule has 1 aliphatic heterocycles. The largest absolute Gasteiger partial charge is 0.481 e. The highest BCUT2D eigenvalue weighted by Gasteiger charge is 2.48. The number of hydrogen-bond donors (Lipinski definition) is 1. The zero-order chi connectivity index (χ0) is 14.6.